The summed E-state index contributed by atoms with van der Waals surface area (Å²) in [4.78, 5) is 11.5. The number of ether oxygens (including phenoxy) is 1. The molecule has 0 unspecified atom stereocenters. The third-order valence-electron chi connectivity index (χ3n) is 2.43. The number of aliphatic carboxylic acids is 1. The van der Waals surface area contributed by atoms with Gasteiger partial charge in [-0.15, -0.1) is 0 Å². The van der Waals surface area contributed by atoms with Crippen molar-refractivity contribution in [2.24, 2.45) is 0 Å². The lowest BCUT2D eigenvalue weighted by atomic mass is 10.1. The minimum absolute atomic E-state index is 0.355. The summed E-state index contributed by atoms with van der Waals surface area (Å²) in [7, 11) is 0. The first-order chi connectivity index (χ1) is 7.38. The molecule has 16 heavy (non-hydrogen) atoms. The second-order valence-electron chi connectivity index (χ2n) is 3.76. The van der Waals surface area contributed by atoms with Gasteiger partial charge in [-0.05, 0) is 12.8 Å². The Hall–Kier alpha value is -0.820. The van der Waals surface area contributed by atoms with E-state index in [9.17, 15) is 18.0 Å². The molecule has 1 aliphatic rings. The standard InChI is InChI=1S/C9H14F3NO3/c10-9(11,12)6-13(5-8(14)15)7-1-3-16-4-2-7/h7H,1-6H2,(H,14,15). The topological polar surface area (TPSA) is 49.8 Å². The third kappa shape index (κ3) is 4.80. The smallest absolute Gasteiger partial charge is 0.401 e. The molecule has 1 rings (SSSR count). The zero-order valence-electron chi connectivity index (χ0n) is 8.66. The van der Waals surface area contributed by atoms with E-state index in [4.69, 9.17) is 9.84 Å². The second kappa shape index (κ2) is 5.49. The summed E-state index contributed by atoms with van der Waals surface area (Å²) in [6.07, 6.45) is -3.47. The lowest BCUT2D eigenvalue weighted by Gasteiger charge is -2.33. The fourth-order valence-corrected chi connectivity index (χ4v) is 1.77. The van der Waals surface area contributed by atoms with Crippen molar-refractivity contribution < 1.29 is 27.8 Å². The average molecular weight is 241 g/mol. The van der Waals surface area contributed by atoms with Crippen LogP contribution in [0.2, 0.25) is 0 Å². The highest BCUT2D eigenvalue weighted by Crippen LogP contribution is 2.21. The fourth-order valence-electron chi connectivity index (χ4n) is 1.77. The summed E-state index contributed by atoms with van der Waals surface area (Å²) in [6.45, 7) is -0.981. The lowest BCUT2D eigenvalue weighted by Crippen LogP contribution is -2.46. The van der Waals surface area contributed by atoms with Crippen LogP contribution in [-0.2, 0) is 9.53 Å². The van der Waals surface area contributed by atoms with Crippen LogP contribution in [-0.4, -0.2) is 54.5 Å². The highest BCUT2D eigenvalue weighted by atomic mass is 19.4. The molecular weight excluding hydrogens is 227 g/mol. The zero-order valence-corrected chi connectivity index (χ0v) is 8.66. The molecule has 94 valence electrons. The second-order valence-corrected chi connectivity index (χ2v) is 3.76. The quantitative estimate of drug-likeness (QED) is 0.801. The summed E-state index contributed by atoms with van der Waals surface area (Å²) in [6, 6.07) is -0.355. The maximum absolute atomic E-state index is 12.2. The largest absolute Gasteiger partial charge is 0.480 e. The predicted molar refractivity (Wildman–Crippen MR) is 49.1 cm³/mol. The SMILES string of the molecule is O=C(O)CN(CC(F)(F)F)C1CCOCC1. The van der Waals surface area contributed by atoms with Gasteiger partial charge in [0.05, 0.1) is 13.1 Å². The van der Waals surface area contributed by atoms with Crippen molar-refractivity contribution in [2.45, 2.75) is 25.1 Å². The number of halogens is 3. The molecule has 0 aliphatic carbocycles. The van der Waals surface area contributed by atoms with E-state index in [-0.39, 0.29) is 6.04 Å². The van der Waals surface area contributed by atoms with Crippen LogP contribution < -0.4 is 0 Å². The van der Waals surface area contributed by atoms with Crippen molar-refractivity contribution in [3.63, 3.8) is 0 Å². The monoisotopic (exact) mass is 241 g/mol. The Morgan fingerprint density at radius 3 is 2.38 bits per heavy atom. The van der Waals surface area contributed by atoms with E-state index in [1.54, 1.807) is 0 Å². The van der Waals surface area contributed by atoms with Crippen molar-refractivity contribution in [1.82, 2.24) is 4.90 Å². The minimum atomic E-state index is -4.37. The van der Waals surface area contributed by atoms with Gasteiger partial charge in [0.2, 0.25) is 0 Å². The Labute approximate surface area is 91.0 Å². The molecule has 1 fully saturated rings. The molecule has 0 aromatic carbocycles. The normalized spacial score (nSPS) is 19.0. The maximum Gasteiger partial charge on any atom is 0.401 e. The van der Waals surface area contributed by atoms with E-state index in [1.807, 2.05) is 0 Å². The number of carboxylic acids is 1. The van der Waals surface area contributed by atoms with Gasteiger partial charge in [-0.1, -0.05) is 0 Å². The Balaban J connectivity index is 2.58. The summed E-state index contributed by atoms with van der Waals surface area (Å²) in [5.41, 5.74) is 0. The summed E-state index contributed by atoms with van der Waals surface area (Å²) in [5, 5.41) is 8.57. The van der Waals surface area contributed by atoms with E-state index >= 15 is 0 Å². The van der Waals surface area contributed by atoms with E-state index < -0.39 is 25.2 Å². The van der Waals surface area contributed by atoms with Gasteiger partial charge >= 0.3 is 12.1 Å². The van der Waals surface area contributed by atoms with Gasteiger partial charge < -0.3 is 9.84 Å². The first-order valence-corrected chi connectivity index (χ1v) is 4.99. The number of alkyl halides is 3. The van der Waals surface area contributed by atoms with Crippen molar-refractivity contribution in [3.8, 4) is 0 Å². The number of hydrogen-bond acceptors (Lipinski definition) is 3. The minimum Gasteiger partial charge on any atom is -0.480 e. The van der Waals surface area contributed by atoms with Crippen LogP contribution in [0.3, 0.4) is 0 Å². The van der Waals surface area contributed by atoms with Gasteiger partial charge in [-0.3, -0.25) is 9.69 Å². The van der Waals surface area contributed by atoms with E-state index in [0.717, 1.165) is 4.90 Å². The molecule has 0 bridgehead atoms. The van der Waals surface area contributed by atoms with E-state index in [2.05, 4.69) is 0 Å². The van der Waals surface area contributed by atoms with Crippen molar-refractivity contribution in [2.75, 3.05) is 26.3 Å². The zero-order chi connectivity index (χ0) is 12.2. The molecule has 1 N–H and O–H groups in total. The van der Waals surface area contributed by atoms with Gasteiger partial charge in [0.25, 0.3) is 0 Å². The number of nitrogens with zero attached hydrogens (tertiary/aromatic N) is 1. The predicted octanol–water partition coefficient (Wildman–Crippen LogP) is 1.11. The third-order valence-corrected chi connectivity index (χ3v) is 2.43. The molecule has 0 saturated carbocycles. The summed E-state index contributed by atoms with van der Waals surface area (Å²) >= 11 is 0. The van der Waals surface area contributed by atoms with Crippen LogP contribution in [0.1, 0.15) is 12.8 Å². The molecule has 0 aromatic heterocycles. The average Bonchev–Trinajstić information content (AvgIpc) is 2.15. The van der Waals surface area contributed by atoms with Crippen molar-refractivity contribution in [1.29, 1.82) is 0 Å². The van der Waals surface area contributed by atoms with Crippen LogP contribution in [0.15, 0.2) is 0 Å². The Bertz CT molecular complexity index is 239. The van der Waals surface area contributed by atoms with E-state index in [1.165, 1.54) is 0 Å². The molecule has 1 saturated heterocycles. The van der Waals surface area contributed by atoms with E-state index in [0.29, 0.717) is 26.1 Å². The molecule has 0 amide bonds. The maximum atomic E-state index is 12.2. The van der Waals surface area contributed by atoms with Gasteiger partial charge in [0.1, 0.15) is 0 Å². The van der Waals surface area contributed by atoms with Gasteiger partial charge in [-0.25, -0.2) is 0 Å². The highest BCUT2D eigenvalue weighted by Gasteiger charge is 2.35. The van der Waals surface area contributed by atoms with Crippen LogP contribution in [0.5, 0.6) is 0 Å². The Morgan fingerprint density at radius 1 is 1.38 bits per heavy atom. The Kier molecular flexibility index (Phi) is 4.55. The number of hydrogen-bond donors (Lipinski definition) is 1. The molecule has 7 heteroatoms. The molecule has 0 radical (unpaired) electrons. The molecule has 1 aliphatic heterocycles. The van der Waals surface area contributed by atoms with Crippen LogP contribution in [0.4, 0.5) is 13.2 Å². The highest BCUT2D eigenvalue weighted by molar-refractivity contribution is 5.69. The van der Waals surface area contributed by atoms with Gasteiger partial charge in [0.15, 0.2) is 0 Å². The Morgan fingerprint density at radius 2 is 1.94 bits per heavy atom. The van der Waals surface area contributed by atoms with Crippen molar-refractivity contribution >= 4 is 5.97 Å². The fraction of sp³-hybridized carbons (Fsp3) is 0.889. The van der Waals surface area contributed by atoms with Crippen LogP contribution in [0, 0.1) is 0 Å². The summed E-state index contributed by atoms with van der Waals surface area (Å²) in [5.74, 6) is -1.24. The number of carbonyl (C=O) groups is 1. The molecule has 4 nitrogen and oxygen atoms in total. The number of carboxylic acid groups (broad SMARTS) is 1. The van der Waals surface area contributed by atoms with Gasteiger partial charge in [-0.2, -0.15) is 13.2 Å². The first kappa shape index (κ1) is 13.2. The van der Waals surface area contributed by atoms with Crippen LogP contribution >= 0.6 is 0 Å². The van der Waals surface area contributed by atoms with Crippen LogP contribution in [0.25, 0.3) is 0 Å². The molecule has 1 heterocycles. The summed E-state index contributed by atoms with van der Waals surface area (Å²) < 4.78 is 41.8. The number of rotatable bonds is 4. The van der Waals surface area contributed by atoms with Crippen molar-refractivity contribution in [3.05, 3.63) is 0 Å². The molecule has 0 aromatic rings. The first-order valence-electron chi connectivity index (χ1n) is 4.99. The molecule has 0 atom stereocenters. The molecular formula is C9H14F3NO3. The van der Waals surface area contributed by atoms with Gasteiger partial charge in [0, 0.05) is 19.3 Å². The molecule has 0 spiro atoms. The lowest BCUT2D eigenvalue weighted by molar-refractivity contribution is -0.161.